The fraction of sp³-hybridized carbons (Fsp3) is 0.538. The van der Waals surface area contributed by atoms with Gasteiger partial charge < -0.3 is 0 Å². The number of hydrogen-bond acceptors (Lipinski definition) is 2. The van der Waals surface area contributed by atoms with Gasteiger partial charge in [-0.2, -0.15) is 0 Å². The second-order valence-corrected chi connectivity index (χ2v) is 6.66. The van der Waals surface area contributed by atoms with E-state index in [-0.39, 0.29) is 5.75 Å². The Morgan fingerprint density at radius 3 is 2.44 bits per heavy atom. The molecule has 0 radical (unpaired) electrons. The highest BCUT2D eigenvalue weighted by molar-refractivity contribution is 7.89. The first-order valence-electron chi connectivity index (χ1n) is 6.25. The minimum Gasteiger partial charge on any atom is -0.215 e. The van der Waals surface area contributed by atoms with Crippen LogP contribution in [0.3, 0.4) is 0 Å². The van der Waals surface area contributed by atoms with Crippen molar-refractivity contribution >= 4 is 21.6 Å². The van der Waals surface area contributed by atoms with Crippen LogP contribution >= 0.6 is 11.6 Å². The van der Waals surface area contributed by atoms with Gasteiger partial charge in [0.05, 0.1) is 5.75 Å². The Morgan fingerprint density at radius 1 is 1.17 bits per heavy atom. The molecule has 0 fully saturated rings. The standard InChI is InChI=1S/C13H20ClNO2S/c1-2-11-18(16,17)15-10-4-3-5-12-6-8-13(14)9-7-12/h6-9,15H,2-5,10-11H2,1H3. The predicted octanol–water partition coefficient (Wildman–Crippen LogP) is 2.99. The molecule has 102 valence electrons. The lowest BCUT2D eigenvalue weighted by Crippen LogP contribution is -2.27. The van der Waals surface area contributed by atoms with Gasteiger partial charge in [-0.15, -0.1) is 0 Å². The van der Waals surface area contributed by atoms with Gasteiger partial charge in [0.15, 0.2) is 0 Å². The zero-order valence-corrected chi connectivity index (χ0v) is 12.2. The third kappa shape index (κ3) is 6.38. The topological polar surface area (TPSA) is 46.2 Å². The van der Waals surface area contributed by atoms with Gasteiger partial charge in [0.25, 0.3) is 0 Å². The van der Waals surface area contributed by atoms with Crippen LogP contribution < -0.4 is 4.72 Å². The Hall–Kier alpha value is -0.580. The SMILES string of the molecule is CCCS(=O)(=O)NCCCCc1ccc(Cl)cc1. The molecule has 0 amide bonds. The van der Waals surface area contributed by atoms with Crippen LogP contribution in [0.1, 0.15) is 31.7 Å². The van der Waals surface area contributed by atoms with Gasteiger partial charge in [0.2, 0.25) is 10.0 Å². The highest BCUT2D eigenvalue weighted by Gasteiger charge is 2.06. The molecule has 1 aromatic rings. The van der Waals surface area contributed by atoms with E-state index in [0.29, 0.717) is 13.0 Å². The lowest BCUT2D eigenvalue weighted by Gasteiger charge is -2.05. The monoisotopic (exact) mass is 289 g/mol. The zero-order valence-electron chi connectivity index (χ0n) is 10.7. The molecule has 0 saturated carbocycles. The van der Waals surface area contributed by atoms with Crippen molar-refractivity contribution in [2.45, 2.75) is 32.6 Å². The molecule has 5 heteroatoms. The van der Waals surface area contributed by atoms with E-state index in [4.69, 9.17) is 11.6 Å². The second kappa shape index (κ2) is 7.77. The van der Waals surface area contributed by atoms with Crippen LogP contribution in [0.5, 0.6) is 0 Å². The highest BCUT2D eigenvalue weighted by atomic mass is 35.5. The van der Waals surface area contributed by atoms with E-state index >= 15 is 0 Å². The van der Waals surface area contributed by atoms with Crippen molar-refractivity contribution in [1.29, 1.82) is 0 Å². The Morgan fingerprint density at radius 2 is 1.83 bits per heavy atom. The molecule has 0 aliphatic heterocycles. The third-order valence-electron chi connectivity index (χ3n) is 2.60. The lowest BCUT2D eigenvalue weighted by molar-refractivity contribution is 0.575. The van der Waals surface area contributed by atoms with E-state index in [2.05, 4.69) is 4.72 Å². The van der Waals surface area contributed by atoms with Gasteiger partial charge in [-0.1, -0.05) is 30.7 Å². The maximum absolute atomic E-state index is 11.4. The van der Waals surface area contributed by atoms with Crippen LogP contribution in [0.4, 0.5) is 0 Å². The van der Waals surface area contributed by atoms with Gasteiger partial charge in [0.1, 0.15) is 0 Å². The molecule has 0 heterocycles. The van der Waals surface area contributed by atoms with E-state index in [9.17, 15) is 8.42 Å². The van der Waals surface area contributed by atoms with Crippen LogP contribution in [-0.2, 0) is 16.4 Å². The summed E-state index contributed by atoms with van der Waals surface area (Å²) < 4.78 is 25.4. The van der Waals surface area contributed by atoms with Gasteiger partial charge in [-0.05, 0) is 43.4 Å². The van der Waals surface area contributed by atoms with E-state index in [1.54, 1.807) is 0 Å². The summed E-state index contributed by atoms with van der Waals surface area (Å²) in [5.74, 6) is 0.212. The van der Waals surface area contributed by atoms with Gasteiger partial charge in [-0.25, -0.2) is 13.1 Å². The Kier molecular flexibility index (Phi) is 6.68. The lowest BCUT2D eigenvalue weighted by atomic mass is 10.1. The van der Waals surface area contributed by atoms with Gasteiger partial charge in [0, 0.05) is 11.6 Å². The Bertz CT molecular complexity index is 443. The zero-order chi connectivity index (χ0) is 13.4. The summed E-state index contributed by atoms with van der Waals surface area (Å²) in [5, 5.41) is 0.742. The van der Waals surface area contributed by atoms with Gasteiger partial charge >= 0.3 is 0 Å². The molecule has 0 atom stereocenters. The molecular weight excluding hydrogens is 270 g/mol. The van der Waals surface area contributed by atoms with Crippen LogP contribution in [0.2, 0.25) is 5.02 Å². The smallest absolute Gasteiger partial charge is 0.211 e. The summed E-state index contributed by atoms with van der Waals surface area (Å²) in [4.78, 5) is 0. The summed E-state index contributed by atoms with van der Waals surface area (Å²) in [6, 6.07) is 7.76. The van der Waals surface area contributed by atoms with Crippen LogP contribution in [0.15, 0.2) is 24.3 Å². The van der Waals surface area contributed by atoms with Crippen LogP contribution in [-0.4, -0.2) is 20.7 Å². The van der Waals surface area contributed by atoms with Crippen molar-refractivity contribution in [1.82, 2.24) is 4.72 Å². The summed E-state index contributed by atoms with van der Waals surface area (Å²) in [7, 11) is -3.05. The third-order valence-corrected chi connectivity index (χ3v) is 4.44. The molecule has 0 aliphatic carbocycles. The van der Waals surface area contributed by atoms with E-state index in [1.807, 2.05) is 31.2 Å². The summed E-state index contributed by atoms with van der Waals surface area (Å²) in [6.07, 6.45) is 3.43. The van der Waals surface area contributed by atoms with E-state index < -0.39 is 10.0 Å². The molecular formula is C13H20ClNO2S. The quantitative estimate of drug-likeness (QED) is 0.748. The van der Waals surface area contributed by atoms with Crippen molar-refractivity contribution in [3.8, 4) is 0 Å². The molecule has 0 spiro atoms. The summed E-state index contributed by atoms with van der Waals surface area (Å²) in [6.45, 7) is 2.38. The second-order valence-electron chi connectivity index (χ2n) is 4.30. The summed E-state index contributed by atoms with van der Waals surface area (Å²) in [5.41, 5.74) is 1.23. The largest absolute Gasteiger partial charge is 0.215 e. The number of aryl methyl sites for hydroxylation is 1. The number of halogens is 1. The fourth-order valence-electron chi connectivity index (χ4n) is 1.67. The normalized spacial score (nSPS) is 11.7. The summed E-state index contributed by atoms with van der Waals surface area (Å²) >= 11 is 5.80. The van der Waals surface area contributed by atoms with Crippen molar-refractivity contribution < 1.29 is 8.42 Å². The number of hydrogen-bond donors (Lipinski definition) is 1. The first kappa shape index (κ1) is 15.5. The fourth-order valence-corrected chi connectivity index (χ4v) is 2.94. The van der Waals surface area contributed by atoms with E-state index in [1.165, 1.54) is 5.56 Å². The van der Waals surface area contributed by atoms with E-state index in [0.717, 1.165) is 24.3 Å². The molecule has 18 heavy (non-hydrogen) atoms. The molecule has 0 unspecified atom stereocenters. The van der Waals surface area contributed by atoms with Crippen molar-refractivity contribution in [2.24, 2.45) is 0 Å². The average Bonchev–Trinajstić information content (AvgIpc) is 2.31. The number of unbranched alkanes of at least 4 members (excludes halogenated alkanes) is 1. The van der Waals surface area contributed by atoms with Crippen LogP contribution in [0.25, 0.3) is 0 Å². The molecule has 3 nitrogen and oxygen atoms in total. The maximum atomic E-state index is 11.4. The molecule has 0 bridgehead atoms. The van der Waals surface area contributed by atoms with Crippen molar-refractivity contribution in [3.63, 3.8) is 0 Å². The minimum atomic E-state index is -3.05. The van der Waals surface area contributed by atoms with Crippen molar-refractivity contribution in [3.05, 3.63) is 34.9 Å². The first-order valence-corrected chi connectivity index (χ1v) is 8.28. The Labute approximate surface area is 115 Å². The minimum absolute atomic E-state index is 0.212. The molecule has 0 aromatic heterocycles. The van der Waals surface area contributed by atoms with Gasteiger partial charge in [-0.3, -0.25) is 0 Å². The molecule has 0 aliphatic rings. The highest BCUT2D eigenvalue weighted by Crippen LogP contribution is 2.11. The number of sulfonamides is 1. The number of rotatable bonds is 8. The van der Waals surface area contributed by atoms with Crippen molar-refractivity contribution in [2.75, 3.05) is 12.3 Å². The molecule has 1 N–H and O–H groups in total. The Balaban J connectivity index is 2.18. The first-order chi connectivity index (χ1) is 8.53. The molecule has 0 saturated heterocycles. The van der Waals surface area contributed by atoms with Crippen LogP contribution in [0, 0.1) is 0 Å². The maximum Gasteiger partial charge on any atom is 0.211 e. The number of nitrogens with one attached hydrogen (secondary N) is 1. The predicted molar refractivity (Wildman–Crippen MR) is 76.5 cm³/mol. The molecule has 1 rings (SSSR count). The molecule has 1 aromatic carbocycles. The number of benzene rings is 1. The average molecular weight is 290 g/mol.